The molecule has 2 aromatic rings. The van der Waals surface area contributed by atoms with Crippen molar-refractivity contribution in [2.45, 2.75) is 19.6 Å². The number of benzene rings is 2. The number of para-hydroxylation sites is 1. The summed E-state index contributed by atoms with van der Waals surface area (Å²) in [7, 11) is -1.53. The summed E-state index contributed by atoms with van der Waals surface area (Å²) in [5.74, 6) is 0.0927. The highest BCUT2D eigenvalue weighted by Gasteiger charge is 2.31. The molecule has 0 amide bonds. The van der Waals surface area contributed by atoms with Gasteiger partial charge in [-0.2, -0.15) is 0 Å². The summed E-state index contributed by atoms with van der Waals surface area (Å²) in [4.78, 5) is 14.7. The summed E-state index contributed by atoms with van der Waals surface area (Å²) < 4.78 is 0. The average Bonchev–Trinajstić information content (AvgIpc) is 2.84. The fourth-order valence-electron chi connectivity index (χ4n) is 2.73. The Hall–Kier alpha value is -2.39. The molecule has 0 spiro atoms. The van der Waals surface area contributed by atoms with Gasteiger partial charge in [0, 0.05) is 11.8 Å². The van der Waals surface area contributed by atoms with E-state index in [1.165, 1.54) is 0 Å². The number of hydrogen-bond acceptors (Lipinski definition) is 2. The van der Waals surface area contributed by atoms with Crippen LogP contribution < -0.4 is 4.90 Å². The Kier molecular flexibility index (Phi) is 4.05. The van der Waals surface area contributed by atoms with Crippen molar-refractivity contribution >= 4 is 25.2 Å². The summed E-state index contributed by atoms with van der Waals surface area (Å²) in [6.45, 7) is 6.74. The maximum absolute atomic E-state index is 12.7. The van der Waals surface area contributed by atoms with E-state index in [2.05, 4.69) is 30.2 Å². The Morgan fingerprint density at radius 3 is 2.00 bits per heavy atom. The molecule has 1 aliphatic heterocycles. The highest BCUT2D eigenvalue weighted by molar-refractivity contribution is 6.81. The van der Waals surface area contributed by atoms with Gasteiger partial charge in [-0.05, 0) is 17.7 Å². The van der Waals surface area contributed by atoms with Gasteiger partial charge in [0.05, 0.1) is 19.5 Å². The molecule has 2 nitrogen and oxygen atoms in total. The van der Waals surface area contributed by atoms with Gasteiger partial charge in [-0.1, -0.05) is 73.9 Å². The van der Waals surface area contributed by atoms with Crippen LogP contribution in [0, 0.1) is 0 Å². The highest BCUT2D eigenvalue weighted by Crippen LogP contribution is 2.36. The molecular weight excluding hydrogens is 298 g/mol. The number of ketones is 1. The van der Waals surface area contributed by atoms with E-state index in [0.29, 0.717) is 0 Å². The number of nitrogens with zero attached hydrogens (tertiary/aromatic N) is 1. The third kappa shape index (κ3) is 3.35. The van der Waals surface area contributed by atoms with Crippen LogP contribution in [0.3, 0.4) is 0 Å². The second-order valence-electron chi connectivity index (χ2n) is 6.83. The van der Waals surface area contributed by atoms with Gasteiger partial charge in [-0.15, -0.1) is 0 Å². The van der Waals surface area contributed by atoms with Crippen molar-refractivity contribution in [3.63, 3.8) is 0 Å². The molecule has 0 saturated carbocycles. The Morgan fingerprint density at radius 2 is 1.43 bits per heavy atom. The van der Waals surface area contributed by atoms with E-state index in [0.717, 1.165) is 22.6 Å². The molecule has 3 rings (SSSR count). The summed E-state index contributed by atoms with van der Waals surface area (Å²) >= 11 is 0. The number of hydrogen-bond donors (Lipinski definition) is 0. The minimum atomic E-state index is -1.53. The molecule has 23 heavy (non-hydrogen) atoms. The number of anilines is 1. The first-order valence-corrected chi connectivity index (χ1v) is 11.4. The first-order valence-electron chi connectivity index (χ1n) is 7.85. The molecule has 116 valence electrons. The lowest BCUT2D eigenvalue weighted by molar-refractivity contribution is -0.111. The lowest BCUT2D eigenvalue weighted by Gasteiger charge is -2.25. The molecule has 0 fully saturated rings. The van der Waals surface area contributed by atoms with E-state index in [1.54, 1.807) is 6.08 Å². The molecule has 0 aromatic heterocycles. The van der Waals surface area contributed by atoms with E-state index < -0.39 is 8.07 Å². The van der Waals surface area contributed by atoms with Gasteiger partial charge in [-0.25, -0.2) is 0 Å². The Labute approximate surface area is 138 Å². The van der Waals surface area contributed by atoms with Crippen molar-refractivity contribution in [1.82, 2.24) is 0 Å². The third-order valence-electron chi connectivity index (χ3n) is 3.66. The first-order chi connectivity index (χ1) is 11.0. The van der Waals surface area contributed by atoms with Gasteiger partial charge < -0.3 is 4.90 Å². The molecule has 2 aromatic carbocycles. The molecule has 0 unspecified atom stereocenters. The minimum Gasteiger partial charge on any atom is -0.307 e. The van der Waals surface area contributed by atoms with Crippen molar-refractivity contribution in [1.29, 1.82) is 0 Å². The van der Waals surface area contributed by atoms with Crippen LogP contribution in [0.4, 0.5) is 5.69 Å². The Morgan fingerprint density at radius 1 is 0.870 bits per heavy atom. The number of carbonyl (C=O) groups is 1. The van der Waals surface area contributed by atoms with Gasteiger partial charge in [0.15, 0.2) is 0 Å². The lowest BCUT2D eigenvalue weighted by Crippen LogP contribution is -2.25. The van der Waals surface area contributed by atoms with Crippen LogP contribution >= 0.6 is 0 Å². The molecular formula is C20H21NOSi. The Bertz CT molecular complexity index is 770. The normalized spacial score (nSPS) is 16.8. The largest absolute Gasteiger partial charge is 0.307 e. The average molecular weight is 319 g/mol. The predicted octanol–water partition coefficient (Wildman–Crippen LogP) is 4.88. The molecule has 1 heterocycles. The maximum atomic E-state index is 12.7. The smallest absolute Gasteiger partial charge is 0.203 e. The summed E-state index contributed by atoms with van der Waals surface area (Å²) in [6, 6.07) is 20.2. The summed E-state index contributed by atoms with van der Waals surface area (Å²) in [5, 5.41) is 0. The van der Waals surface area contributed by atoms with Crippen LogP contribution in [0.2, 0.25) is 19.6 Å². The van der Waals surface area contributed by atoms with Crippen molar-refractivity contribution in [3.05, 3.63) is 83.7 Å². The zero-order valence-corrected chi connectivity index (χ0v) is 14.8. The van der Waals surface area contributed by atoms with E-state index in [9.17, 15) is 4.79 Å². The van der Waals surface area contributed by atoms with Gasteiger partial charge in [-0.3, -0.25) is 4.79 Å². The number of rotatable bonds is 3. The van der Waals surface area contributed by atoms with Gasteiger partial charge in [0.2, 0.25) is 5.78 Å². The van der Waals surface area contributed by atoms with E-state index in [1.807, 2.05) is 60.7 Å². The first kappa shape index (κ1) is 15.5. The Balaban J connectivity index is 2.15. The van der Waals surface area contributed by atoms with E-state index in [-0.39, 0.29) is 5.78 Å². The topological polar surface area (TPSA) is 20.3 Å². The fraction of sp³-hybridized carbons (Fsp3) is 0.150. The molecule has 3 heteroatoms. The maximum Gasteiger partial charge on any atom is 0.203 e. The monoisotopic (exact) mass is 319 g/mol. The molecule has 0 aliphatic carbocycles. The van der Waals surface area contributed by atoms with E-state index in [4.69, 9.17) is 0 Å². The van der Waals surface area contributed by atoms with Crippen molar-refractivity contribution in [2.24, 2.45) is 0 Å². The van der Waals surface area contributed by atoms with Crippen LogP contribution in [0.1, 0.15) is 5.56 Å². The molecule has 0 atom stereocenters. The van der Waals surface area contributed by atoms with Crippen LogP contribution in [0.15, 0.2) is 78.1 Å². The van der Waals surface area contributed by atoms with Crippen LogP contribution in [-0.2, 0) is 4.79 Å². The second kappa shape index (κ2) is 6.01. The quantitative estimate of drug-likeness (QED) is 0.594. The van der Waals surface area contributed by atoms with E-state index >= 15 is 0 Å². The predicted molar refractivity (Wildman–Crippen MR) is 99.8 cm³/mol. The highest BCUT2D eigenvalue weighted by atomic mass is 28.3. The summed E-state index contributed by atoms with van der Waals surface area (Å²) in [5.41, 5.74) is 6.01. The van der Waals surface area contributed by atoms with Crippen molar-refractivity contribution in [2.75, 3.05) is 4.90 Å². The standard InChI is InChI=1S/C20H21NOSi/c1-23(2,3)15-19-20(22)14-18(16-10-6-4-7-11-16)21(19)17-12-8-5-9-13-17/h4-15H,1-3H3/b19-15+. The summed E-state index contributed by atoms with van der Waals surface area (Å²) in [6.07, 6.45) is 1.76. The third-order valence-corrected chi connectivity index (χ3v) is 4.80. The van der Waals surface area contributed by atoms with Gasteiger partial charge in [0.1, 0.15) is 0 Å². The van der Waals surface area contributed by atoms with Gasteiger partial charge in [0.25, 0.3) is 0 Å². The molecule has 0 radical (unpaired) electrons. The zero-order valence-electron chi connectivity index (χ0n) is 13.8. The van der Waals surface area contributed by atoms with Crippen LogP contribution in [0.25, 0.3) is 5.70 Å². The van der Waals surface area contributed by atoms with Gasteiger partial charge >= 0.3 is 0 Å². The molecule has 0 bridgehead atoms. The fourth-order valence-corrected chi connectivity index (χ4v) is 3.82. The molecule has 0 saturated heterocycles. The van der Waals surface area contributed by atoms with Crippen molar-refractivity contribution in [3.8, 4) is 0 Å². The molecule has 0 N–H and O–H groups in total. The zero-order chi connectivity index (χ0) is 16.4. The van der Waals surface area contributed by atoms with Crippen molar-refractivity contribution < 1.29 is 4.79 Å². The van der Waals surface area contributed by atoms with Crippen LogP contribution in [-0.4, -0.2) is 13.9 Å². The lowest BCUT2D eigenvalue weighted by atomic mass is 10.1. The SMILES string of the molecule is C[Si](C)(C)/C=C1\C(=O)C=C(c2ccccc2)N1c1ccccc1. The minimum absolute atomic E-state index is 0.0927. The molecule has 1 aliphatic rings. The second-order valence-corrected chi connectivity index (χ2v) is 11.8. The number of allylic oxidation sites excluding steroid dienone is 1. The number of carbonyl (C=O) groups excluding carboxylic acids is 1. The van der Waals surface area contributed by atoms with Crippen LogP contribution in [0.5, 0.6) is 0 Å².